The van der Waals surface area contributed by atoms with Crippen molar-refractivity contribution in [2.75, 3.05) is 18.0 Å². The zero-order chi connectivity index (χ0) is 16.1. The molecule has 0 spiro atoms. The zero-order valence-electron chi connectivity index (χ0n) is 13.9. The molecule has 23 heavy (non-hydrogen) atoms. The Morgan fingerprint density at radius 2 is 1.17 bits per heavy atom. The van der Waals surface area contributed by atoms with Crippen molar-refractivity contribution in [2.24, 2.45) is 0 Å². The second kappa shape index (κ2) is 7.15. The van der Waals surface area contributed by atoms with Crippen molar-refractivity contribution in [2.45, 2.75) is 13.8 Å². The smallest absolute Gasteiger partial charge is 0.0451 e. The first-order valence-corrected chi connectivity index (χ1v) is 8.33. The van der Waals surface area contributed by atoms with Crippen LogP contribution in [0.4, 0.5) is 5.69 Å². The van der Waals surface area contributed by atoms with Gasteiger partial charge in [0.05, 0.1) is 0 Å². The Morgan fingerprint density at radius 1 is 0.609 bits per heavy atom. The van der Waals surface area contributed by atoms with E-state index in [1.807, 2.05) is 0 Å². The highest BCUT2D eigenvalue weighted by Crippen LogP contribution is 2.34. The van der Waals surface area contributed by atoms with Crippen LogP contribution in [0.5, 0.6) is 0 Å². The molecular formula is C22H23N. The third kappa shape index (κ3) is 3.29. The molecule has 1 heteroatoms. The average molecular weight is 301 g/mol. The van der Waals surface area contributed by atoms with E-state index in [2.05, 4.69) is 97.6 Å². The first-order chi connectivity index (χ1) is 11.3. The summed E-state index contributed by atoms with van der Waals surface area (Å²) in [6.45, 7) is 6.45. The summed E-state index contributed by atoms with van der Waals surface area (Å²) < 4.78 is 0. The first-order valence-electron chi connectivity index (χ1n) is 8.33. The molecule has 0 aliphatic rings. The molecule has 0 aromatic heterocycles. The monoisotopic (exact) mass is 301 g/mol. The molecule has 0 aliphatic heterocycles. The van der Waals surface area contributed by atoms with Crippen LogP contribution in [-0.4, -0.2) is 13.1 Å². The van der Waals surface area contributed by atoms with Gasteiger partial charge in [0.1, 0.15) is 0 Å². The van der Waals surface area contributed by atoms with Gasteiger partial charge in [0.15, 0.2) is 0 Å². The fourth-order valence-electron chi connectivity index (χ4n) is 3.03. The number of anilines is 1. The largest absolute Gasteiger partial charge is 0.372 e. The fourth-order valence-corrected chi connectivity index (χ4v) is 3.03. The van der Waals surface area contributed by atoms with Crippen LogP contribution >= 0.6 is 0 Å². The minimum Gasteiger partial charge on any atom is -0.372 e. The first kappa shape index (κ1) is 15.4. The van der Waals surface area contributed by atoms with Gasteiger partial charge >= 0.3 is 0 Å². The maximum Gasteiger partial charge on any atom is 0.0451 e. The second-order valence-electron chi connectivity index (χ2n) is 5.64. The van der Waals surface area contributed by atoms with Crippen LogP contribution in [0, 0.1) is 0 Å². The van der Waals surface area contributed by atoms with Crippen molar-refractivity contribution in [3.8, 4) is 22.3 Å². The van der Waals surface area contributed by atoms with E-state index >= 15 is 0 Å². The van der Waals surface area contributed by atoms with E-state index in [0.717, 1.165) is 13.1 Å². The molecule has 0 amide bonds. The minimum absolute atomic E-state index is 1.01. The van der Waals surface area contributed by atoms with Gasteiger partial charge in [-0.05, 0) is 36.6 Å². The highest BCUT2D eigenvalue weighted by atomic mass is 15.1. The second-order valence-corrected chi connectivity index (χ2v) is 5.64. The molecule has 1 nitrogen and oxygen atoms in total. The highest BCUT2D eigenvalue weighted by molar-refractivity contribution is 5.83. The van der Waals surface area contributed by atoms with Gasteiger partial charge in [-0.2, -0.15) is 0 Å². The molecule has 0 saturated carbocycles. The van der Waals surface area contributed by atoms with Crippen LogP contribution in [0.2, 0.25) is 0 Å². The molecular weight excluding hydrogens is 278 g/mol. The summed E-state index contributed by atoms with van der Waals surface area (Å²) in [5.41, 5.74) is 6.42. The van der Waals surface area contributed by atoms with Gasteiger partial charge in [0.25, 0.3) is 0 Å². The van der Waals surface area contributed by atoms with Crippen LogP contribution in [-0.2, 0) is 0 Å². The Kier molecular flexibility index (Phi) is 4.77. The lowest BCUT2D eigenvalue weighted by atomic mass is 9.97. The lowest BCUT2D eigenvalue weighted by Crippen LogP contribution is -2.22. The summed E-state index contributed by atoms with van der Waals surface area (Å²) >= 11 is 0. The van der Waals surface area contributed by atoms with E-state index in [0.29, 0.717) is 0 Å². The van der Waals surface area contributed by atoms with Crippen molar-refractivity contribution in [3.63, 3.8) is 0 Å². The van der Waals surface area contributed by atoms with Gasteiger partial charge < -0.3 is 4.90 Å². The van der Waals surface area contributed by atoms with Crippen molar-refractivity contribution >= 4 is 5.69 Å². The molecule has 0 radical (unpaired) electrons. The standard InChI is InChI=1S/C22H23N/c1-3-23(4-2)22-17-20(18-11-7-5-8-12-18)15-16-21(22)19-13-9-6-10-14-19/h5-17H,3-4H2,1-2H3. The summed E-state index contributed by atoms with van der Waals surface area (Å²) in [5, 5.41) is 0. The zero-order valence-corrected chi connectivity index (χ0v) is 13.9. The average Bonchev–Trinajstić information content (AvgIpc) is 2.64. The van der Waals surface area contributed by atoms with Crippen LogP contribution in [0.25, 0.3) is 22.3 Å². The van der Waals surface area contributed by atoms with E-state index in [4.69, 9.17) is 0 Å². The van der Waals surface area contributed by atoms with E-state index in [9.17, 15) is 0 Å². The maximum absolute atomic E-state index is 2.43. The Hall–Kier alpha value is -2.54. The molecule has 0 atom stereocenters. The normalized spacial score (nSPS) is 10.5. The van der Waals surface area contributed by atoms with E-state index in [1.54, 1.807) is 0 Å². The molecule has 116 valence electrons. The van der Waals surface area contributed by atoms with Crippen LogP contribution < -0.4 is 4.90 Å². The molecule has 3 aromatic carbocycles. The summed E-state index contributed by atoms with van der Waals surface area (Å²) in [6, 6.07) is 28.0. The van der Waals surface area contributed by atoms with Gasteiger partial charge in [-0.3, -0.25) is 0 Å². The molecule has 0 unspecified atom stereocenters. The molecule has 0 saturated heterocycles. The number of benzene rings is 3. The van der Waals surface area contributed by atoms with Crippen LogP contribution in [0.15, 0.2) is 78.9 Å². The van der Waals surface area contributed by atoms with Crippen molar-refractivity contribution in [1.29, 1.82) is 0 Å². The molecule has 0 N–H and O–H groups in total. The number of hydrogen-bond donors (Lipinski definition) is 0. The van der Waals surface area contributed by atoms with Gasteiger partial charge in [-0.15, -0.1) is 0 Å². The molecule has 3 rings (SSSR count). The van der Waals surface area contributed by atoms with Crippen LogP contribution in [0.1, 0.15) is 13.8 Å². The number of rotatable bonds is 5. The third-order valence-electron chi connectivity index (χ3n) is 4.29. The van der Waals surface area contributed by atoms with Crippen molar-refractivity contribution in [1.82, 2.24) is 0 Å². The third-order valence-corrected chi connectivity index (χ3v) is 4.29. The van der Waals surface area contributed by atoms with Gasteiger partial charge in [-0.1, -0.05) is 72.8 Å². The fraction of sp³-hybridized carbons (Fsp3) is 0.182. The molecule has 0 fully saturated rings. The number of hydrogen-bond acceptors (Lipinski definition) is 1. The molecule has 0 heterocycles. The molecule has 0 aliphatic carbocycles. The maximum atomic E-state index is 2.43. The quantitative estimate of drug-likeness (QED) is 0.570. The topological polar surface area (TPSA) is 3.24 Å². The summed E-state index contributed by atoms with van der Waals surface area (Å²) in [7, 11) is 0. The summed E-state index contributed by atoms with van der Waals surface area (Å²) in [6.07, 6.45) is 0. The summed E-state index contributed by atoms with van der Waals surface area (Å²) in [5.74, 6) is 0. The number of nitrogens with zero attached hydrogens (tertiary/aromatic N) is 1. The van der Waals surface area contributed by atoms with Gasteiger partial charge in [-0.25, -0.2) is 0 Å². The van der Waals surface area contributed by atoms with Crippen LogP contribution in [0.3, 0.4) is 0 Å². The van der Waals surface area contributed by atoms with E-state index in [1.165, 1.54) is 27.9 Å². The van der Waals surface area contributed by atoms with E-state index in [-0.39, 0.29) is 0 Å². The summed E-state index contributed by atoms with van der Waals surface area (Å²) in [4.78, 5) is 2.43. The Morgan fingerprint density at radius 3 is 1.74 bits per heavy atom. The minimum atomic E-state index is 1.01. The Labute approximate surface area is 139 Å². The Balaban J connectivity index is 2.13. The molecule has 0 bridgehead atoms. The molecule has 3 aromatic rings. The Bertz CT molecular complexity index is 743. The predicted octanol–water partition coefficient (Wildman–Crippen LogP) is 5.87. The van der Waals surface area contributed by atoms with Crippen molar-refractivity contribution in [3.05, 3.63) is 78.9 Å². The van der Waals surface area contributed by atoms with Gasteiger partial charge in [0, 0.05) is 24.3 Å². The van der Waals surface area contributed by atoms with Gasteiger partial charge in [0.2, 0.25) is 0 Å². The lowest BCUT2D eigenvalue weighted by molar-refractivity contribution is 0.867. The highest BCUT2D eigenvalue weighted by Gasteiger charge is 2.11. The predicted molar refractivity (Wildman–Crippen MR) is 101 cm³/mol. The van der Waals surface area contributed by atoms with E-state index < -0.39 is 0 Å². The van der Waals surface area contributed by atoms with Crippen molar-refractivity contribution < 1.29 is 0 Å². The lowest BCUT2D eigenvalue weighted by Gasteiger charge is -2.25. The SMILES string of the molecule is CCN(CC)c1cc(-c2ccccc2)ccc1-c1ccccc1.